The zero-order valence-corrected chi connectivity index (χ0v) is 17.5. The average Bonchev–Trinajstić information content (AvgIpc) is 3.29. The minimum atomic E-state index is -0.323. The van der Waals surface area contributed by atoms with Gasteiger partial charge in [0.05, 0.1) is 0 Å². The Morgan fingerprint density at radius 3 is 2.39 bits per heavy atom. The SMILES string of the molecule is CCN1CCN(c2ccc(NC(=O)c3ccc(COc4ccc(F)cc4)o3)cc2)CC1. The number of carbonyl (C=O) groups is 1. The number of hydrogen-bond acceptors (Lipinski definition) is 5. The number of benzene rings is 2. The van der Waals surface area contributed by atoms with Gasteiger partial charge in [-0.25, -0.2) is 4.39 Å². The van der Waals surface area contributed by atoms with Crippen LogP contribution in [-0.2, 0) is 6.61 Å². The van der Waals surface area contributed by atoms with Crippen LogP contribution in [0.4, 0.5) is 15.8 Å². The van der Waals surface area contributed by atoms with Gasteiger partial charge >= 0.3 is 0 Å². The molecular weight excluding hydrogens is 397 g/mol. The van der Waals surface area contributed by atoms with Crippen LogP contribution >= 0.6 is 0 Å². The Labute approximate surface area is 181 Å². The topological polar surface area (TPSA) is 58.0 Å². The van der Waals surface area contributed by atoms with E-state index in [0.717, 1.165) is 38.4 Å². The first-order valence-electron chi connectivity index (χ1n) is 10.5. The molecule has 1 saturated heterocycles. The summed E-state index contributed by atoms with van der Waals surface area (Å²) in [6.07, 6.45) is 0. The maximum Gasteiger partial charge on any atom is 0.291 e. The summed E-state index contributed by atoms with van der Waals surface area (Å²) in [6.45, 7) is 7.59. The number of ether oxygens (including phenoxy) is 1. The van der Waals surface area contributed by atoms with Crippen molar-refractivity contribution >= 4 is 17.3 Å². The van der Waals surface area contributed by atoms with E-state index in [-0.39, 0.29) is 24.1 Å². The smallest absolute Gasteiger partial charge is 0.291 e. The highest BCUT2D eigenvalue weighted by Crippen LogP contribution is 2.21. The van der Waals surface area contributed by atoms with E-state index in [1.54, 1.807) is 24.3 Å². The summed E-state index contributed by atoms with van der Waals surface area (Å²) in [5.74, 6) is 0.599. The average molecular weight is 423 g/mol. The van der Waals surface area contributed by atoms with Crippen LogP contribution in [0.1, 0.15) is 23.2 Å². The third-order valence-electron chi connectivity index (χ3n) is 5.39. The van der Waals surface area contributed by atoms with Crippen molar-refractivity contribution in [1.29, 1.82) is 0 Å². The van der Waals surface area contributed by atoms with Crippen LogP contribution in [0.2, 0.25) is 0 Å². The summed E-state index contributed by atoms with van der Waals surface area (Å²) in [4.78, 5) is 17.3. The predicted molar refractivity (Wildman–Crippen MR) is 118 cm³/mol. The van der Waals surface area contributed by atoms with Crippen molar-refractivity contribution < 1.29 is 18.3 Å². The van der Waals surface area contributed by atoms with Gasteiger partial charge in [0.15, 0.2) is 5.76 Å². The summed E-state index contributed by atoms with van der Waals surface area (Å²) < 4.78 is 24.1. The summed E-state index contributed by atoms with van der Waals surface area (Å²) in [7, 11) is 0. The number of amides is 1. The van der Waals surface area contributed by atoms with Gasteiger partial charge in [0.1, 0.15) is 23.9 Å². The van der Waals surface area contributed by atoms with E-state index in [0.29, 0.717) is 17.2 Å². The first kappa shape index (κ1) is 20.9. The van der Waals surface area contributed by atoms with Crippen LogP contribution in [0.3, 0.4) is 0 Å². The molecule has 0 saturated carbocycles. The second kappa shape index (κ2) is 9.66. The van der Waals surface area contributed by atoms with Gasteiger partial charge < -0.3 is 24.3 Å². The highest BCUT2D eigenvalue weighted by Gasteiger charge is 2.16. The van der Waals surface area contributed by atoms with Crippen LogP contribution in [0, 0.1) is 5.82 Å². The third kappa shape index (κ3) is 5.44. The number of nitrogens with zero attached hydrogens (tertiary/aromatic N) is 2. The predicted octanol–water partition coefficient (Wildman–Crippen LogP) is 4.39. The normalized spacial score (nSPS) is 14.5. The van der Waals surface area contributed by atoms with E-state index >= 15 is 0 Å². The van der Waals surface area contributed by atoms with E-state index < -0.39 is 0 Å². The largest absolute Gasteiger partial charge is 0.486 e. The standard InChI is InChI=1S/C24H26FN3O3/c1-2-27-13-15-28(16-14-27)20-7-5-19(6-8-20)26-24(29)23-12-11-22(31-23)17-30-21-9-3-18(25)4-10-21/h3-12H,2,13-17H2,1H3,(H,26,29). The molecule has 1 fully saturated rings. The van der Waals surface area contributed by atoms with E-state index in [1.807, 2.05) is 24.3 Å². The molecule has 0 spiro atoms. The Morgan fingerprint density at radius 2 is 1.71 bits per heavy atom. The summed E-state index contributed by atoms with van der Waals surface area (Å²) in [5, 5.41) is 2.86. The number of anilines is 2. The lowest BCUT2D eigenvalue weighted by Crippen LogP contribution is -2.46. The minimum absolute atomic E-state index is 0.152. The first-order valence-corrected chi connectivity index (χ1v) is 10.5. The molecular formula is C24H26FN3O3. The fourth-order valence-electron chi connectivity index (χ4n) is 3.53. The molecule has 0 bridgehead atoms. The highest BCUT2D eigenvalue weighted by atomic mass is 19.1. The summed E-state index contributed by atoms with van der Waals surface area (Å²) in [5.41, 5.74) is 1.87. The molecule has 0 unspecified atom stereocenters. The Bertz CT molecular complexity index is 994. The summed E-state index contributed by atoms with van der Waals surface area (Å²) in [6, 6.07) is 16.9. The molecule has 4 rings (SSSR count). The van der Waals surface area contributed by atoms with Crippen molar-refractivity contribution in [2.24, 2.45) is 0 Å². The zero-order valence-electron chi connectivity index (χ0n) is 17.5. The number of halogens is 1. The Balaban J connectivity index is 1.29. The number of nitrogens with one attached hydrogen (secondary N) is 1. The molecule has 2 heterocycles. The number of piperazine rings is 1. The molecule has 162 valence electrons. The van der Waals surface area contributed by atoms with Gasteiger partial charge in [-0.1, -0.05) is 6.92 Å². The van der Waals surface area contributed by atoms with Crippen LogP contribution < -0.4 is 15.0 Å². The lowest BCUT2D eigenvalue weighted by molar-refractivity contribution is 0.0992. The van der Waals surface area contributed by atoms with E-state index in [4.69, 9.17) is 9.15 Å². The third-order valence-corrected chi connectivity index (χ3v) is 5.39. The fourth-order valence-corrected chi connectivity index (χ4v) is 3.53. The number of rotatable bonds is 7. The molecule has 31 heavy (non-hydrogen) atoms. The molecule has 0 atom stereocenters. The van der Waals surface area contributed by atoms with Crippen LogP contribution in [-0.4, -0.2) is 43.5 Å². The van der Waals surface area contributed by atoms with Crippen LogP contribution in [0.15, 0.2) is 65.1 Å². The number of likely N-dealkylation sites (N-methyl/N-ethyl adjacent to an activating group) is 1. The van der Waals surface area contributed by atoms with Crippen molar-refractivity contribution in [2.75, 3.05) is 42.9 Å². The molecule has 1 aliphatic rings. The van der Waals surface area contributed by atoms with Crippen molar-refractivity contribution in [1.82, 2.24) is 4.90 Å². The van der Waals surface area contributed by atoms with Gasteiger partial charge in [-0.15, -0.1) is 0 Å². The molecule has 6 nitrogen and oxygen atoms in total. The minimum Gasteiger partial charge on any atom is -0.486 e. The molecule has 1 amide bonds. The highest BCUT2D eigenvalue weighted by molar-refractivity contribution is 6.02. The maximum atomic E-state index is 12.9. The van der Waals surface area contributed by atoms with Crippen LogP contribution in [0.5, 0.6) is 5.75 Å². The second-order valence-corrected chi connectivity index (χ2v) is 7.43. The lowest BCUT2D eigenvalue weighted by atomic mass is 10.2. The molecule has 0 radical (unpaired) electrons. The van der Waals surface area contributed by atoms with Crippen LogP contribution in [0.25, 0.3) is 0 Å². The van der Waals surface area contributed by atoms with Crippen molar-refractivity contribution in [3.8, 4) is 5.75 Å². The van der Waals surface area contributed by atoms with E-state index in [2.05, 4.69) is 22.0 Å². The van der Waals surface area contributed by atoms with Gasteiger partial charge in [-0.3, -0.25) is 4.79 Å². The van der Waals surface area contributed by atoms with Gasteiger partial charge in [-0.2, -0.15) is 0 Å². The molecule has 1 aliphatic heterocycles. The van der Waals surface area contributed by atoms with Gasteiger partial charge in [0, 0.05) is 37.6 Å². The van der Waals surface area contributed by atoms with Gasteiger partial charge in [-0.05, 0) is 67.2 Å². The molecule has 1 N–H and O–H groups in total. The quantitative estimate of drug-likeness (QED) is 0.611. The Hall–Kier alpha value is -3.32. The van der Waals surface area contributed by atoms with Gasteiger partial charge in [0.2, 0.25) is 0 Å². The molecule has 1 aromatic heterocycles. The van der Waals surface area contributed by atoms with Gasteiger partial charge in [0.25, 0.3) is 5.91 Å². The van der Waals surface area contributed by atoms with Crippen molar-refractivity contribution in [2.45, 2.75) is 13.5 Å². The number of carbonyl (C=O) groups excluding carboxylic acids is 1. The Kier molecular flexibility index (Phi) is 6.52. The molecule has 7 heteroatoms. The molecule has 0 aliphatic carbocycles. The molecule has 3 aromatic rings. The second-order valence-electron chi connectivity index (χ2n) is 7.43. The zero-order chi connectivity index (χ0) is 21.6. The number of hydrogen-bond donors (Lipinski definition) is 1. The van der Waals surface area contributed by atoms with Crippen molar-refractivity contribution in [3.05, 3.63) is 78.0 Å². The summed E-state index contributed by atoms with van der Waals surface area (Å²) >= 11 is 0. The first-order chi connectivity index (χ1) is 15.1. The molecule has 2 aromatic carbocycles. The van der Waals surface area contributed by atoms with Crippen molar-refractivity contribution in [3.63, 3.8) is 0 Å². The monoisotopic (exact) mass is 423 g/mol. The lowest BCUT2D eigenvalue weighted by Gasteiger charge is -2.35. The Morgan fingerprint density at radius 1 is 1.00 bits per heavy atom. The van der Waals surface area contributed by atoms with E-state index in [1.165, 1.54) is 12.1 Å². The maximum absolute atomic E-state index is 12.9. The van der Waals surface area contributed by atoms with E-state index in [9.17, 15) is 9.18 Å². The number of furan rings is 1. The fraction of sp³-hybridized carbons (Fsp3) is 0.292.